The zero-order chi connectivity index (χ0) is 21.5. The number of ketones is 1. The SMILES string of the molecule is C#CCOC(=O)OC1=C(c2c(C)cc(C)cc2C)C(=O)[C@@]2(C)C(C)CC[C@@H](C)[C@@H]12. The monoisotopic (exact) mass is 394 g/mol. The molecule has 0 radical (unpaired) electrons. The number of hydrogen-bond donors (Lipinski definition) is 0. The molecule has 0 saturated heterocycles. The Morgan fingerprint density at radius 1 is 1.21 bits per heavy atom. The van der Waals surface area contributed by atoms with Gasteiger partial charge in [0, 0.05) is 11.3 Å². The number of hydrogen-bond acceptors (Lipinski definition) is 4. The molecule has 4 nitrogen and oxygen atoms in total. The molecule has 1 fully saturated rings. The van der Waals surface area contributed by atoms with E-state index in [4.69, 9.17) is 15.9 Å². The van der Waals surface area contributed by atoms with E-state index in [0.717, 1.165) is 35.1 Å². The molecule has 4 atom stereocenters. The molecule has 0 aliphatic heterocycles. The van der Waals surface area contributed by atoms with Gasteiger partial charge in [-0.15, -0.1) is 6.42 Å². The second kappa shape index (κ2) is 7.71. The molecular formula is C25H30O4. The second-order valence-corrected chi connectivity index (χ2v) is 8.90. The number of fused-ring (bicyclic) bond motifs is 1. The van der Waals surface area contributed by atoms with Crippen LogP contribution in [0.25, 0.3) is 5.57 Å². The first-order chi connectivity index (χ1) is 13.6. The van der Waals surface area contributed by atoms with Crippen molar-refractivity contribution >= 4 is 17.5 Å². The molecule has 2 aliphatic rings. The van der Waals surface area contributed by atoms with Gasteiger partial charge in [0.05, 0.1) is 5.57 Å². The molecule has 0 heterocycles. The summed E-state index contributed by atoms with van der Waals surface area (Å²) in [6.45, 7) is 12.2. The summed E-state index contributed by atoms with van der Waals surface area (Å²) in [5.41, 5.74) is 3.95. The zero-order valence-corrected chi connectivity index (χ0v) is 18.2. The van der Waals surface area contributed by atoms with Gasteiger partial charge in [0.25, 0.3) is 0 Å². The van der Waals surface area contributed by atoms with Crippen LogP contribution >= 0.6 is 0 Å². The van der Waals surface area contributed by atoms with Crippen molar-refractivity contribution in [3.63, 3.8) is 0 Å². The standard InChI is InChI=1S/C25H30O4/c1-8-11-28-24(27)29-22-20(19-16(4)12-14(2)13-17(19)5)23(26)25(7)18(6)10-9-15(3)21(22)25/h1,12-13,15,18,21H,9-11H2,2-7H3/t15-,18?,21+,25+/m1/s1. The Morgan fingerprint density at radius 3 is 2.41 bits per heavy atom. The van der Waals surface area contributed by atoms with Gasteiger partial charge in [-0.3, -0.25) is 4.79 Å². The Labute approximate surface area is 173 Å². The fraction of sp³-hybridized carbons (Fsp3) is 0.520. The molecule has 4 heteroatoms. The fourth-order valence-electron chi connectivity index (χ4n) is 5.45. The van der Waals surface area contributed by atoms with E-state index in [0.29, 0.717) is 11.3 Å². The van der Waals surface area contributed by atoms with E-state index in [9.17, 15) is 9.59 Å². The van der Waals surface area contributed by atoms with Crippen LogP contribution in [0, 0.1) is 56.3 Å². The maximum Gasteiger partial charge on any atom is 0.514 e. The van der Waals surface area contributed by atoms with Gasteiger partial charge in [0.1, 0.15) is 5.76 Å². The lowest BCUT2D eigenvalue weighted by Crippen LogP contribution is -2.44. The summed E-state index contributed by atoms with van der Waals surface area (Å²) in [7, 11) is 0. The molecule has 0 amide bonds. The quantitative estimate of drug-likeness (QED) is 0.510. The van der Waals surface area contributed by atoms with Crippen molar-refractivity contribution in [2.75, 3.05) is 6.61 Å². The third kappa shape index (κ3) is 3.37. The molecule has 3 rings (SSSR count). The average molecular weight is 395 g/mol. The second-order valence-electron chi connectivity index (χ2n) is 8.90. The van der Waals surface area contributed by atoms with Gasteiger partial charge in [-0.25, -0.2) is 4.79 Å². The summed E-state index contributed by atoms with van der Waals surface area (Å²) in [5.74, 6) is 3.05. The summed E-state index contributed by atoms with van der Waals surface area (Å²) >= 11 is 0. The minimum absolute atomic E-state index is 0.0661. The number of rotatable bonds is 3. The highest BCUT2D eigenvalue weighted by molar-refractivity contribution is 6.27. The smallest absolute Gasteiger partial charge is 0.421 e. The van der Waals surface area contributed by atoms with Crippen LogP contribution in [0.1, 0.15) is 55.9 Å². The number of allylic oxidation sites excluding steroid dienone is 2. The fourth-order valence-corrected chi connectivity index (χ4v) is 5.45. The number of Topliss-reactive ketones (excluding diaryl/α,β-unsaturated/α-hetero) is 1. The predicted molar refractivity (Wildman–Crippen MR) is 113 cm³/mol. The van der Waals surface area contributed by atoms with E-state index in [2.05, 4.69) is 31.9 Å². The predicted octanol–water partition coefficient (Wildman–Crippen LogP) is 5.38. The van der Waals surface area contributed by atoms with Crippen molar-refractivity contribution in [2.45, 2.75) is 54.4 Å². The van der Waals surface area contributed by atoms with E-state index in [-0.39, 0.29) is 30.1 Å². The topological polar surface area (TPSA) is 52.6 Å². The molecule has 1 aromatic carbocycles. The van der Waals surface area contributed by atoms with Crippen LogP contribution < -0.4 is 0 Å². The van der Waals surface area contributed by atoms with E-state index in [1.54, 1.807) is 0 Å². The third-order valence-electron chi connectivity index (χ3n) is 6.93. The molecule has 1 aromatic rings. The molecule has 2 aliphatic carbocycles. The third-order valence-corrected chi connectivity index (χ3v) is 6.93. The van der Waals surface area contributed by atoms with Crippen molar-refractivity contribution in [3.05, 3.63) is 40.1 Å². The minimum atomic E-state index is -0.847. The zero-order valence-electron chi connectivity index (χ0n) is 18.2. The minimum Gasteiger partial charge on any atom is -0.421 e. The molecule has 0 spiro atoms. The average Bonchev–Trinajstić information content (AvgIpc) is 2.86. The summed E-state index contributed by atoms with van der Waals surface area (Å²) < 4.78 is 10.7. The first-order valence-electron chi connectivity index (χ1n) is 10.3. The van der Waals surface area contributed by atoms with Gasteiger partial charge in [-0.2, -0.15) is 0 Å². The van der Waals surface area contributed by atoms with Crippen molar-refractivity contribution in [2.24, 2.45) is 23.2 Å². The molecule has 1 saturated carbocycles. The van der Waals surface area contributed by atoms with E-state index < -0.39 is 11.6 Å². The highest BCUT2D eigenvalue weighted by Crippen LogP contribution is 2.59. The van der Waals surface area contributed by atoms with Gasteiger partial charge in [-0.05, 0) is 62.1 Å². The summed E-state index contributed by atoms with van der Waals surface area (Å²) in [4.78, 5) is 26.2. The van der Waals surface area contributed by atoms with E-state index in [1.807, 2.05) is 27.7 Å². The van der Waals surface area contributed by atoms with Crippen molar-refractivity contribution in [1.82, 2.24) is 0 Å². The van der Waals surface area contributed by atoms with Crippen LogP contribution in [0.15, 0.2) is 17.9 Å². The molecule has 1 unspecified atom stereocenters. The Morgan fingerprint density at radius 2 is 1.83 bits per heavy atom. The highest BCUT2D eigenvalue weighted by Gasteiger charge is 2.59. The Balaban J connectivity index is 2.22. The molecule has 0 bridgehead atoms. The summed E-state index contributed by atoms with van der Waals surface area (Å²) in [6.07, 6.45) is 6.32. The highest BCUT2D eigenvalue weighted by atomic mass is 16.7. The van der Waals surface area contributed by atoms with Crippen molar-refractivity contribution < 1.29 is 19.1 Å². The van der Waals surface area contributed by atoms with E-state index in [1.165, 1.54) is 0 Å². The van der Waals surface area contributed by atoms with Crippen molar-refractivity contribution in [3.8, 4) is 12.3 Å². The lowest BCUT2D eigenvalue weighted by Gasteiger charge is -2.44. The first kappa shape index (κ1) is 21.2. The van der Waals surface area contributed by atoms with Crippen LogP contribution in [-0.2, 0) is 14.3 Å². The number of terminal acetylenes is 1. The Kier molecular flexibility index (Phi) is 5.63. The first-order valence-corrected chi connectivity index (χ1v) is 10.3. The Hall–Kier alpha value is -2.54. The lowest BCUT2D eigenvalue weighted by molar-refractivity contribution is -0.129. The number of carbonyl (C=O) groups is 2. The molecule has 29 heavy (non-hydrogen) atoms. The maximum absolute atomic E-state index is 13.9. The van der Waals surface area contributed by atoms with Gasteiger partial charge >= 0.3 is 6.16 Å². The molecular weight excluding hydrogens is 364 g/mol. The number of carbonyl (C=O) groups excluding carboxylic acids is 2. The van der Waals surface area contributed by atoms with Crippen molar-refractivity contribution in [1.29, 1.82) is 0 Å². The normalized spacial score (nSPS) is 28.7. The van der Waals surface area contributed by atoms with Crippen LogP contribution in [-0.4, -0.2) is 18.5 Å². The number of aryl methyl sites for hydroxylation is 3. The Bertz CT molecular complexity index is 910. The largest absolute Gasteiger partial charge is 0.514 e. The van der Waals surface area contributed by atoms with Crippen LogP contribution in [0.4, 0.5) is 4.79 Å². The molecule has 0 aromatic heterocycles. The van der Waals surface area contributed by atoms with Crippen LogP contribution in [0.3, 0.4) is 0 Å². The summed E-state index contributed by atoms with van der Waals surface area (Å²) in [6, 6.07) is 4.13. The number of benzene rings is 1. The van der Waals surface area contributed by atoms with E-state index >= 15 is 0 Å². The van der Waals surface area contributed by atoms with Crippen LogP contribution in [0.2, 0.25) is 0 Å². The maximum atomic E-state index is 13.9. The summed E-state index contributed by atoms with van der Waals surface area (Å²) in [5, 5.41) is 0. The van der Waals surface area contributed by atoms with Gasteiger partial charge in [0.15, 0.2) is 12.4 Å². The molecule has 0 N–H and O–H groups in total. The van der Waals surface area contributed by atoms with Gasteiger partial charge in [-0.1, -0.05) is 44.4 Å². The van der Waals surface area contributed by atoms with Crippen LogP contribution in [0.5, 0.6) is 0 Å². The molecule has 154 valence electrons. The van der Waals surface area contributed by atoms with Gasteiger partial charge < -0.3 is 9.47 Å². The van der Waals surface area contributed by atoms with Gasteiger partial charge in [0.2, 0.25) is 0 Å². The lowest BCUT2D eigenvalue weighted by atomic mass is 9.58. The number of ether oxygens (including phenoxy) is 2.